The van der Waals surface area contributed by atoms with Crippen LogP contribution < -0.4 is 9.64 Å². The fourth-order valence-corrected chi connectivity index (χ4v) is 4.00. The maximum Gasteiger partial charge on any atom is 0.179 e. The summed E-state index contributed by atoms with van der Waals surface area (Å²) in [4.78, 5) is 4.87. The van der Waals surface area contributed by atoms with Crippen LogP contribution in [0.4, 0.5) is 5.69 Å². The lowest BCUT2D eigenvalue weighted by Gasteiger charge is -2.35. The van der Waals surface area contributed by atoms with Gasteiger partial charge < -0.3 is 14.2 Å². The summed E-state index contributed by atoms with van der Waals surface area (Å²) in [5.74, 6) is 0.904. The van der Waals surface area contributed by atoms with Crippen molar-refractivity contribution in [2.75, 3.05) is 38.2 Å². The van der Waals surface area contributed by atoms with E-state index in [1.54, 1.807) is 18.0 Å². The number of rotatable bonds is 4. The Morgan fingerprint density at radius 2 is 1.96 bits per heavy atom. The molecule has 1 aromatic carbocycles. The summed E-state index contributed by atoms with van der Waals surface area (Å²) in [5, 5.41) is 13.6. The van der Waals surface area contributed by atoms with E-state index in [1.165, 1.54) is 16.5 Å². The van der Waals surface area contributed by atoms with Gasteiger partial charge in [-0.3, -0.25) is 4.90 Å². The predicted octanol–water partition coefficient (Wildman–Crippen LogP) is 1.95. The number of nitrogens with zero attached hydrogens (tertiary/aromatic N) is 7. The van der Waals surface area contributed by atoms with Crippen LogP contribution in [0.1, 0.15) is 5.56 Å². The molecule has 8 heteroatoms. The molecule has 0 spiro atoms. The van der Waals surface area contributed by atoms with Crippen LogP contribution in [0.2, 0.25) is 0 Å². The first-order valence-corrected chi connectivity index (χ1v) is 9.46. The summed E-state index contributed by atoms with van der Waals surface area (Å²) in [5.41, 5.74) is 4.47. The highest BCUT2D eigenvalue weighted by Crippen LogP contribution is 2.27. The van der Waals surface area contributed by atoms with Crippen LogP contribution >= 0.6 is 0 Å². The van der Waals surface area contributed by atoms with Gasteiger partial charge in [0.1, 0.15) is 12.1 Å². The summed E-state index contributed by atoms with van der Waals surface area (Å²) < 4.78 is 9.30. The largest absolute Gasteiger partial charge is 0.497 e. The lowest BCUT2D eigenvalue weighted by atomic mass is 10.1. The number of aryl methyl sites for hydroxylation is 1. The maximum absolute atomic E-state index is 5.42. The van der Waals surface area contributed by atoms with E-state index in [1.807, 2.05) is 18.3 Å². The molecule has 4 heterocycles. The fourth-order valence-electron chi connectivity index (χ4n) is 4.00. The van der Waals surface area contributed by atoms with Gasteiger partial charge >= 0.3 is 0 Å². The van der Waals surface area contributed by atoms with E-state index in [2.05, 4.69) is 55.0 Å². The van der Waals surface area contributed by atoms with Crippen molar-refractivity contribution in [2.24, 2.45) is 7.05 Å². The Morgan fingerprint density at radius 1 is 1.11 bits per heavy atom. The van der Waals surface area contributed by atoms with Gasteiger partial charge in [-0.2, -0.15) is 5.10 Å². The van der Waals surface area contributed by atoms with Gasteiger partial charge in [0, 0.05) is 62.9 Å². The number of benzene rings is 1. The molecule has 3 aromatic heterocycles. The molecule has 0 N–H and O–H groups in total. The number of aromatic nitrogens is 5. The Balaban J connectivity index is 1.30. The lowest BCUT2D eigenvalue weighted by molar-refractivity contribution is 0.250. The zero-order valence-corrected chi connectivity index (χ0v) is 16.1. The summed E-state index contributed by atoms with van der Waals surface area (Å²) >= 11 is 0. The third-order valence-corrected chi connectivity index (χ3v) is 5.56. The number of hydrogen-bond donors (Lipinski definition) is 0. The highest BCUT2D eigenvalue weighted by atomic mass is 16.5. The van der Waals surface area contributed by atoms with Crippen molar-refractivity contribution in [1.29, 1.82) is 0 Å². The molecule has 4 aromatic rings. The average Bonchev–Trinajstić information content (AvgIpc) is 3.32. The Bertz CT molecular complexity index is 1120. The molecule has 0 aliphatic carbocycles. The van der Waals surface area contributed by atoms with E-state index in [9.17, 15) is 0 Å². The number of piperazine rings is 1. The molecule has 144 valence electrons. The minimum Gasteiger partial charge on any atom is -0.497 e. The Kier molecular flexibility index (Phi) is 4.12. The molecule has 5 rings (SSSR count). The second kappa shape index (κ2) is 6.79. The lowest BCUT2D eigenvalue weighted by Crippen LogP contribution is -2.46. The summed E-state index contributed by atoms with van der Waals surface area (Å²) in [6, 6.07) is 8.33. The van der Waals surface area contributed by atoms with Gasteiger partial charge in [0.05, 0.1) is 19.0 Å². The number of hydrogen-bond acceptors (Lipinski definition) is 6. The minimum absolute atomic E-state index is 0.782. The summed E-state index contributed by atoms with van der Waals surface area (Å²) in [6.45, 7) is 4.91. The molecule has 1 saturated heterocycles. The Labute approximate surface area is 162 Å². The van der Waals surface area contributed by atoms with E-state index < -0.39 is 0 Å². The molecule has 0 saturated carbocycles. The topological polar surface area (TPSA) is 63.7 Å². The van der Waals surface area contributed by atoms with Crippen molar-refractivity contribution in [1.82, 2.24) is 29.3 Å². The van der Waals surface area contributed by atoms with Crippen molar-refractivity contribution in [3.63, 3.8) is 0 Å². The molecule has 1 aliphatic heterocycles. The fraction of sp³-hybridized carbons (Fsp3) is 0.350. The van der Waals surface area contributed by atoms with Gasteiger partial charge in [0.2, 0.25) is 0 Å². The van der Waals surface area contributed by atoms with Crippen LogP contribution in [0, 0.1) is 0 Å². The van der Waals surface area contributed by atoms with Crippen LogP contribution in [0.5, 0.6) is 5.75 Å². The highest BCUT2D eigenvalue weighted by Gasteiger charge is 2.20. The third-order valence-electron chi connectivity index (χ3n) is 5.56. The summed E-state index contributed by atoms with van der Waals surface area (Å²) in [6.07, 6.45) is 5.75. The van der Waals surface area contributed by atoms with Crippen LogP contribution in [0.3, 0.4) is 0 Å². The molecule has 1 fully saturated rings. The SMILES string of the molecule is COc1ccc2c(c1)c(CN1CCN(c3cnn4cnnc4c3)CC1)cn2C. The van der Waals surface area contributed by atoms with Crippen LogP contribution in [-0.4, -0.2) is 62.6 Å². The van der Waals surface area contributed by atoms with Crippen molar-refractivity contribution >= 4 is 22.2 Å². The Morgan fingerprint density at radius 3 is 2.79 bits per heavy atom. The van der Waals surface area contributed by atoms with Gasteiger partial charge in [-0.15, -0.1) is 10.2 Å². The molecule has 0 amide bonds. The number of methoxy groups -OCH3 is 1. The minimum atomic E-state index is 0.782. The zero-order chi connectivity index (χ0) is 19.1. The number of ether oxygens (including phenoxy) is 1. The molecule has 0 radical (unpaired) electrons. The molecule has 0 bridgehead atoms. The standard InChI is InChI=1S/C20H23N7O/c1-24-12-15(18-10-17(28-2)3-4-19(18)24)13-25-5-7-26(8-6-25)16-9-20-23-21-14-27(20)22-11-16/h3-4,9-12,14H,5-8,13H2,1-2H3. The molecular weight excluding hydrogens is 354 g/mol. The van der Waals surface area contributed by atoms with Crippen molar-refractivity contribution in [2.45, 2.75) is 6.54 Å². The van der Waals surface area contributed by atoms with Gasteiger partial charge in [-0.05, 0) is 23.8 Å². The Hall–Kier alpha value is -3.13. The maximum atomic E-state index is 5.42. The van der Waals surface area contributed by atoms with E-state index in [0.717, 1.165) is 49.8 Å². The highest BCUT2D eigenvalue weighted by molar-refractivity contribution is 5.85. The number of anilines is 1. The summed E-state index contributed by atoms with van der Waals surface area (Å²) in [7, 11) is 3.82. The molecule has 0 unspecified atom stereocenters. The van der Waals surface area contributed by atoms with Gasteiger partial charge in [-0.1, -0.05) is 0 Å². The van der Waals surface area contributed by atoms with Crippen molar-refractivity contribution in [3.05, 3.63) is 48.5 Å². The van der Waals surface area contributed by atoms with E-state index >= 15 is 0 Å². The third kappa shape index (κ3) is 2.95. The second-order valence-electron chi connectivity index (χ2n) is 7.26. The van der Waals surface area contributed by atoms with Crippen molar-refractivity contribution < 1.29 is 4.74 Å². The van der Waals surface area contributed by atoms with E-state index in [-0.39, 0.29) is 0 Å². The molecule has 1 aliphatic rings. The average molecular weight is 377 g/mol. The van der Waals surface area contributed by atoms with Gasteiger partial charge in [0.25, 0.3) is 0 Å². The van der Waals surface area contributed by atoms with Gasteiger partial charge in [-0.25, -0.2) is 4.52 Å². The first-order valence-electron chi connectivity index (χ1n) is 9.46. The van der Waals surface area contributed by atoms with Crippen molar-refractivity contribution in [3.8, 4) is 5.75 Å². The van der Waals surface area contributed by atoms with Crippen LogP contribution in [0.25, 0.3) is 16.6 Å². The predicted molar refractivity (Wildman–Crippen MR) is 108 cm³/mol. The first-order chi connectivity index (χ1) is 13.7. The zero-order valence-electron chi connectivity index (χ0n) is 16.1. The smallest absolute Gasteiger partial charge is 0.179 e. The molecule has 0 atom stereocenters. The van der Waals surface area contributed by atoms with Crippen LogP contribution in [0.15, 0.2) is 43.0 Å². The molecular formula is C20H23N7O. The van der Waals surface area contributed by atoms with E-state index in [4.69, 9.17) is 4.74 Å². The second-order valence-corrected chi connectivity index (χ2v) is 7.26. The van der Waals surface area contributed by atoms with Crippen LogP contribution in [-0.2, 0) is 13.6 Å². The molecule has 28 heavy (non-hydrogen) atoms. The quantitative estimate of drug-likeness (QED) is 0.542. The van der Waals surface area contributed by atoms with E-state index in [0.29, 0.717) is 0 Å². The normalized spacial score (nSPS) is 15.6. The van der Waals surface area contributed by atoms with Gasteiger partial charge in [0.15, 0.2) is 5.65 Å². The first kappa shape index (κ1) is 17.0. The monoisotopic (exact) mass is 377 g/mol. The molecule has 8 nitrogen and oxygen atoms in total. The number of fused-ring (bicyclic) bond motifs is 2.